The van der Waals surface area contributed by atoms with Crippen molar-refractivity contribution in [1.29, 1.82) is 0 Å². The Hall–Kier alpha value is -1.91. The molecule has 88 valence electrons. The van der Waals surface area contributed by atoms with Gasteiger partial charge in [0.25, 0.3) is 5.69 Å². The maximum absolute atomic E-state index is 11.6. The van der Waals surface area contributed by atoms with Crippen LogP contribution in [0.1, 0.15) is 18.4 Å². The lowest BCUT2D eigenvalue weighted by Gasteiger charge is -2.18. The summed E-state index contributed by atoms with van der Waals surface area (Å²) < 4.78 is 0. The monoisotopic (exact) mass is 232 g/mol. The highest BCUT2D eigenvalue weighted by Gasteiger charge is 2.51. The molecule has 0 aromatic heterocycles. The van der Waals surface area contributed by atoms with Crippen LogP contribution in [0.2, 0.25) is 0 Å². The number of non-ortho nitro benzene ring substituents is 1. The molecule has 1 aliphatic carbocycles. The lowest BCUT2D eigenvalue weighted by atomic mass is 10.2. The average Bonchev–Trinajstić information content (AvgIpc) is 2.99. The number of carbonyl (C=O) groups excluding carboxylic acids is 1. The van der Waals surface area contributed by atoms with Gasteiger partial charge in [-0.1, -0.05) is 12.1 Å². The SMILES string of the molecule is O=C1CC2CC2N1Cc1ccc([N+](=O)[O-])cc1. The molecule has 2 unspecified atom stereocenters. The number of hydrogen-bond acceptors (Lipinski definition) is 3. The summed E-state index contributed by atoms with van der Waals surface area (Å²) in [6.45, 7) is 0.581. The van der Waals surface area contributed by atoms with Gasteiger partial charge < -0.3 is 4.90 Å². The molecule has 0 spiro atoms. The number of carbonyl (C=O) groups is 1. The molecule has 5 heteroatoms. The summed E-state index contributed by atoms with van der Waals surface area (Å²) in [5, 5.41) is 10.5. The molecule has 17 heavy (non-hydrogen) atoms. The van der Waals surface area contributed by atoms with Gasteiger partial charge in [-0.15, -0.1) is 0 Å². The summed E-state index contributed by atoms with van der Waals surface area (Å²) in [5.41, 5.74) is 1.04. The Kier molecular flexibility index (Phi) is 2.14. The topological polar surface area (TPSA) is 63.5 Å². The van der Waals surface area contributed by atoms with E-state index in [1.54, 1.807) is 12.1 Å². The van der Waals surface area contributed by atoms with Crippen LogP contribution in [0.4, 0.5) is 5.69 Å². The number of benzene rings is 1. The van der Waals surface area contributed by atoms with E-state index < -0.39 is 4.92 Å². The van der Waals surface area contributed by atoms with Gasteiger partial charge in [-0.3, -0.25) is 14.9 Å². The van der Waals surface area contributed by atoms with E-state index in [0.29, 0.717) is 24.9 Å². The maximum Gasteiger partial charge on any atom is 0.269 e. The van der Waals surface area contributed by atoms with E-state index in [2.05, 4.69) is 0 Å². The molecule has 0 N–H and O–H groups in total. The van der Waals surface area contributed by atoms with Gasteiger partial charge in [0.1, 0.15) is 0 Å². The van der Waals surface area contributed by atoms with E-state index in [-0.39, 0.29) is 11.6 Å². The quantitative estimate of drug-likeness (QED) is 0.588. The Labute approximate surface area is 98.2 Å². The first-order valence-corrected chi connectivity index (χ1v) is 5.68. The van der Waals surface area contributed by atoms with Crippen molar-refractivity contribution < 1.29 is 9.72 Å². The molecule has 3 rings (SSSR count). The van der Waals surface area contributed by atoms with Crippen molar-refractivity contribution in [1.82, 2.24) is 4.90 Å². The van der Waals surface area contributed by atoms with Gasteiger partial charge in [-0.25, -0.2) is 0 Å². The van der Waals surface area contributed by atoms with Crippen molar-refractivity contribution in [2.45, 2.75) is 25.4 Å². The Morgan fingerprint density at radius 1 is 1.35 bits per heavy atom. The van der Waals surface area contributed by atoms with Gasteiger partial charge in [-0.05, 0) is 17.9 Å². The summed E-state index contributed by atoms with van der Waals surface area (Å²) >= 11 is 0. The minimum absolute atomic E-state index is 0.0887. The highest BCUT2D eigenvalue weighted by atomic mass is 16.6. The van der Waals surface area contributed by atoms with E-state index in [0.717, 1.165) is 12.0 Å². The number of amides is 1. The first kappa shape index (κ1) is 10.3. The fraction of sp³-hybridized carbons (Fsp3) is 0.417. The standard InChI is InChI=1S/C12H12N2O3/c15-12-6-9-5-11(9)13(12)7-8-1-3-10(4-2-8)14(16)17/h1-4,9,11H,5-7H2. The van der Waals surface area contributed by atoms with Crippen LogP contribution in [0.15, 0.2) is 24.3 Å². The van der Waals surface area contributed by atoms with Crippen LogP contribution in [0.3, 0.4) is 0 Å². The third-order valence-electron chi connectivity index (χ3n) is 3.54. The molecular weight excluding hydrogens is 220 g/mol. The van der Waals surface area contributed by atoms with E-state index in [4.69, 9.17) is 0 Å². The van der Waals surface area contributed by atoms with Crippen LogP contribution in [0.5, 0.6) is 0 Å². The number of fused-ring (bicyclic) bond motifs is 1. The smallest absolute Gasteiger partial charge is 0.269 e. The molecule has 1 amide bonds. The number of hydrogen-bond donors (Lipinski definition) is 0. The second-order valence-corrected chi connectivity index (χ2v) is 4.71. The Morgan fingerprint density at radius 2 is 2.06 bits per heavy atom. The van der Waals surface area contributed by atoms with Crippen LogP contribution in [0.25, 0.3) is 0 Å². The summed E-state index contributed by atoms with van der Waals surface area (Å²) in [7, 11) is 0. The zero-order valence-electron chi connectivity index (χ0n) is 9.20. The van der Waals surface area contributed by atoms with Gasteiger partial charge in [0.15, 0.2) is 0 Å². The lowest BCUT2D eigenvalue weighted by molar-refractivity contribution is -0.384. The van der Waals surface area contributed by atoms with Gasteiger partial charge in [-0.2, -0.15) is 0 Å². The Bertz CT molecular complexity index is 483. The minimum atomic E-state index is -0.415. The van der Waals surface area contributed by atoms with Crippen molar-refractivity contribution >= 4 is 11.6 Å². The predicted octanol–water partition coefficient (Wildman–Crippen LogP) is 1.72. The second-order valence-electron chi connectivity index (χ2n) is 4.71. The molecule has 1 saturated carbocycles. The second kappa shape index (κ2) is 3.55. The largest absolute Gasteiger partial charge is 0.335 e. The molecule has 1 saturated heterocycles. The zero-order valence-corrected chi connectivity index (χ0v) is 9.20. The molecule has 1 heterocycles. The third-order valence-corrected chi connectivity index (χ3v) is 3.54. The van der Waals surface area contributed by atoms with Crippen molar-refractivity contribution in [3.05, 3.63) is 39.9 Å². The molecule has 1 aromatic carbocycles. The van der Waals surface area contributed by atoms with Gasteiger partial charge >= 0.3 is 0 Å². The molecule has 1 aromatic rings. The zero-order chi connectivity index (χ0) is 12.0. The summed E-state index contributed by atoms with van der Waals surface area (Å²) in [4.78, 5) is 23.6. The summed E-state index contributed by atoms with van der Waals surface area (Å²) in [6.07, 6.45) is 1.80. The van der Waals surface area contributed by atoms with Gasteiger partial charge in [0, 0.05) is 31.1 Å². The predicted molar refractivity (Wildman–Crippen MR) is 60.2 cm³/mol. The number of likely N-dealkylation sites (tertiary alicyclic amines) is 1. The summed E-state index contributed by atoms with van der Waals surface area (Å²) in [6, 6.07) is 6.85. The number of nitro benzene ring substituents is 1. The first-order valence-electron chi connectivity index (χ1n) is 5.68. The highest BCUT2D eigenvalue weighted by molar-refractivity contribution is 5.81. The maximum atomic E-state index is 11.6. The summed E-state index contributed by atoms with van der Waals surface area (Å²) in [5.74, 6) is 0.783. The Morgan fingerprint density at radius 3 is 2.59 bits per heavy atom. The van der Waals surface area contributed by atoms with Crippen molar-refractivity contribution in [3.8, 4) is 0 Å². The van der Waals surface area contributed by atoms with Crippen LogP contribution in [0, 0.1) is 16.0 Å². The van der Waals surface area contributed by atoms with Crippen molar-refractivity contribution in [2.24, 2.45) is 5.92 Å². The molecular formula is C12H12N2O3. The first-order chi connectivity index (χ1) is 8.15. The molecule has 5 nitrogen and oxygen atoms in total. The van der Waals surface area contributed by atoms with Gasteiger partial charge in [0.05, 0.1) is 4.92 Å². The van der Waals surface area contributed by atoms with Crippen molar-refractivity contribution in [2.75, 3.05) is 0 Å². The molecule has 2 fully saturated rings. The molecule has 2 aliphatic rings. The minimum Gasteiger partial charge on any atom is -0.335 e. The molecule has 0 bridgehead atoms. The highest BCUT2D eigenvalue weighted by Crippen LogP contribution is 2.45. The van der Waals surface area contributed by atoms with E-state index >= 15 is 0 Å². The van der Waals surface area contributed by atoms with E-state index in [1.165, 1.54) is 12.1 Å². The van der Waals surface area contributed by atoms with Crippen LogP contribution < -0.4 is 0 Å². The Balaban J connectivity index is 1.72. The normalized spacial score (nSPS) is 25.9. The van der Waals surface area contributed by atoms with E-state index in [1.807, 2.05) is 4.90 Å². The lowest BCUT2D eigenvalue weighted by Crippen LogP contribution is -2.27. The fourth-order valence-corrected chi connectivity index (χ4v) is 2.48. The molecule has 1 aliphatic heterocycles. The average molecular weight is 232 g/mol. The number of rotatable bonds is 3. The fourth-order valence-electron chi connectivity index (χ4n) is 2.48. The van der Waals surface area contributed by atoms with Gasteiger partial charge in [0.2, 0.25) is 5.91 Å². The number of nitrogens with zero attached hydrogens (tertiary/aromatic N) is 2. The van der Waals surface area contributed by atoms with Crippen LogP contribution >= 0.6 is 0 Å². The molecule has 0 radical (unpaired) electrons. The van der Waals surface area contributed by atoms with Crippen LogP contribution in [-0.2, 0) is 11.3 Å². The third kappa shape index (κ3) is 1.77. The van der Waals surface area contributed by atoms with Crippen LogP contribution in [-0.4, -0.2) is 21.8 Å². The molecule has 2 atom stereocenters. The van der Waals surface area contributed by atoms with E-state index in [9.17, 15) is 14.9 Å². The van der Waals surface area contributed by atoms with Crippen molar-refractivity contribution in [3.63, 3.8) is 0 Å². The number of nitro groups is 1. The number of piperidine rings is 1.